The fourth-order valence-corrected chi connectivity index (χ4v) is 4.02. The molecule has 1 amide bonds. The molecule has 1 fully saturated rings. The standard InChI is InChI=1S/C22H27Cl2N3O4/c1-30-19-4-2-3-5-20(19)31-14-16(28)13-26-8-10-27(11-9-26)21(22(25)29)15-6-7-17(23)18(24)12-15/h2-7,12,16,21,28H,8-11,13-14H2,1H3,(H2,25,29). The molecular weight excluding hydrogens is 441 g/mol. The van der Waals surface area contributed by atoms with Gasteiger partial charge in [-0.3, -0.25) is 14.6 Å². The molecular formula is C22H27Cl2N3O4. The summed E-state index contributed by atoms with van der Waals surface area (Å²) in [6.45, 7) is 3.28. The molecule has 2 aromatic rings. The molecule has 1 saturated heterocycles. The van der Waals surface area contributed by atoms with Crippen LogP contribution < -0.4 is 15.2 Å². The lowest BCUT2D eigenvalue weighted by Gasteiger charge is -2.38. The lowest BCUT2D eigenvalue weighted by Crippen LogP contribution is -2.52. The number of carbonyl (C=O) groups is 1. The summed E-state index contributed by atoms with van der Waals surface area (Å²) in [4.78, 5) is 16.3. The number of nitrogens with two attached hydrogens (primary N) is 1. The number of primary amides is 1. The van der Waals surface area contributed by atoms with Crippen molar-refractivity contribution >= 4 is 29.1 Å². The lowest BCUT2D eigenvalue weighted by atomic mass is 10.0. The van der Waals surface area contributed by atoms with E-state index in [1.165, 1.54) is 0 Å². The normalized spacial score (nSPS) is 17.2. The molecule has 0 saturated carbocycles. The molecule has 3 rings (SSSR count). The molecule has 0 aromatic heterocycles. The predicted molar refractivity (Wildman–Crippen MR) is 121 cm³/mol. The highest BCUT2D eigenvalue weighted by molar-refractivity contribution is 6.42. The number of nitrogens with zero attached hydrogens (tertiary/aromatic N) is 2. The van der Waals surface area contributed by atoms with E-state index >= 15 is 0 Å². The quantitative estimate of drug-likeness (QED) is 0.589. The van der Waals surface area contributed by atoms with E-state index in [1.807, 2.05) is 23.1 Å². The number of ether oxygens (including phenoxy) is 2. The van der Waals surface area contributed by atoms with Crippen LogP contribution in [0.3, 0.4) is 0 Å². The summed E-state index contributed by atoms with van der Waals surface area (Å²) in [5.74, 6) is 0.792. The van der Waals surface area contributed by atoms with E-state index in [2.05, 4.69) is 4.90 Å². The van der Waals surface area contributed by atoms with Gasteiger partial charge in [0.25, 0.3) is 0 Å². The van der Waals surface area contributed by atoms with Crippen LogP contribution in [0, 0.1) is 0 Å². The van der Waals surface area contributed by atoms with Gasteiger partial charge in [-0.1, -0.05) is 41.4 Å². The Hall–Kier alpha value is -2.03. The maximum absolute atomic E-state index is 12.2. The van der Waals surface area contributed by atoms with Crippen molar-refractivity contribution in [2.24, 2.45) is 5.73 Å². The number of hydrogen-bond donors (Lipinski definition) is 2. The number of carbonyl (C=O) groups excluding carboxylic acids is 1. The largest absolute Gasteiger partial charge is 0.493 e. The van der Waals surface area contributed by atoms with Gasteiger partial charge in [-0.05, 0) is 29.8 Å². The minimum absolute atomic E-state index is 0.160. The van der Waals surface area contributed by atoms with Gasteiger partial charge in [0.05, 0.1) is 17.2 Å². The van der Waals surface area contributed by atoms with Crippen molar-refractivity contribution in [2.75, 3.05) is 46.4 Å². The molecule has 3 N–H and O–H groups in total. The zero-order valence-electron chi connectivity index (χ0n) is 17.3. The third kappa shape index (κ3) is 6.24. The highest BCUT2D eigenvalue weighted by atomic mass is 35.5. The molecule has 7 nitrogen and oxygen atoms in total. The number of halogens is 2. The fraction of sp³-hybridized carbons (Fsp3) is 0.409. The Balaban J connectivity index is 1.52. The summed E-state index contributed by atoms with van der Waals surface area (Å²) >= 11 is 12.1. The third-order valence-electron chi connectivity index (χ3n) is 5.27. The number of amides is 1. The molecule has 0 bridgehead atoms. The van der Waals surface area contributed by atoms with E-state index in [9.17, 15) is 9.90 Å². The predicted octanol–water partition coefficient (Wildman–Crippen LogP) is 2.59. The van der Waals surface area contributed by atoms with Crippen LogP contribution in [0.25, 0.3) is 0 Å². The smallest absolute Gasteiger partial charge is 0.239 e. The van der Waals surface area contributed by atoms with Crippen molar-refractivity contribution in [3.8, 4) is 11.5 Å². The molecule has 2 unspecified atom stereocenters. The Morgan fingerprint density at radius 1 is 1.10 bits per heavy atom. The Morgan fingerprint density at radius 2 is 1.77 bits per heavy atom. The van der Waals surface area contributed by atoms with Crippen molar-refractivity contribution in [3.05, 3.63) is 58.1 Å². The lowest BCUT2D eigenvalue weighted by molar-refractivity contribution is -0.124. The van der Waals surface area contributed by atoms with Crippen molar-refractivity contribution in [2.45, 2.75) is 12.1 Å². The molecule has 31 heavy (non-hydrogen) atoms. The molecule has 2 atom stereocenters. The van der Waals surface area contributed by atoms with E-state index in [0.29, 0.717) is 54.3 Å². The van der Waals surface area contributed by atoms with E-state index in [4.69, 9.17) is 38.4 Å². The maximum atomic E-state index is 12.2. The molecule has 0 radical (unpaired) electrons. The van der Waals surface area contributed by atoms with Gasteiger partial charge in [0.1, 0.15) is 18.8 Å². The summed E-state index contributed by atoms with van der Waals surface area (Å²) in [6.07, 6.45) is -0.654. The minimum atomic E-state index is -0.654. The molecule has 2 aromatic carbocycles. The van der Waals surface area contributed by atoms with E-state index in [0.717, 1.165) is 5.56 Å². The summed E-state index contributed by atoms with van der Waals surface area (Å²) in [6, 6.07) is 11.9. The zero-order chi connectivity index (χ0) is 22.4. The van der Waals surface area contributed by atoms with Gasteiger partial charge in [0.15, 0.2) is 11.5 Å². The zero-order valence-corrected chi connectivity index (χ0v) is 18.9. The monoisotopic (exact) mass is 467 g/mol. The number of hydrogen-bond acceptors (Lipinski definition) is 6. The highest BCUT2D eigenvalue weighted by Crippen LogP contribution is 2.29. The fourth-order valence-electron chi connectivity index (χ4n) is 3.72. The van der Waals surface area contributed by atoms with Crippen molar-refractivity contribution in [3.63, 3.8) is 0 Å². The van der Waals surface area contributed by atoms with Crippen LogP contribution in [0.15, 0.2) is 42.5 Å². The summed E-state index contributed by atoms with van der Waals surface area (Å²) in [7, 11) is 1.58. The van der Waals surface area contributed by atoms with Gasteiger partial charge < -0.3 is 20.3 Å². The Morgan fingerprint density at radius 3 is 2.39 bits per heavy atom. The van der Waals surface area contributed by atoms with Crippen molar-refractivity contribution in [1.29, 1.82) is 0 Å². The Kier molecular flexibility index (Phi) is 8.40. The molecule has 0 aliphatic carbocycles. The van der Waals surface area contributed by atoms with Gasteiger partial charge in [-0.15, -0.1) is 0 Å². The summed E-state index contributed by atoms with van der Waals surface area (Å²) in [5.41, 5.74) is 6.41. The van der Waals surface area contributed by atoms with Crippen LogP contribution in [0.2, 0.25) is 10.0 Å². The van der Waals surface area contributed by atoms with Crippen molar-refractivity contribution < 1.29 is 19.4 Å². The second-order valence-corrected chi connectivity index (χ2v) is 8.25. The minimum Gasteiger partial charge on any atom is -0.493 e. The number of benzene rings is 2. The number of aliphatic hydroxyl groups excluding tert-OH is 1. The molecule has 1 heterocycles. The van der Waals surface area contributed by atoms with Gasteiger partial charge in [0, 0.05) is 32.7 Å². The molecule has 168 valence electrons. The van der Waals surface area contributed by atoms with Gasteiger partial charge in [0.2, 0.25) is 5.91 Å². The van der Waals surface area contributed by atoms with Gasteiger partial charge in [-0.2, -0.15) is 0 Å². The van der Waals surface area contributed by atoms with Crippen LogP contribution in [0.5, 0.6) is 11.5 Å². The number of rotatable bonds is 9. The number of para-hydroxylation sites is 2. The van der Waals surface area contributed by atoms with Gasteiger partial charge in [-0.25, -0.2) is 0 Å². The van der Waals surface area contributed by atoms with Crippen molar-refractivity contribution in [1.82, 2.24) is 9.80 Å². The first-order valence-corrected chi connectivity index (χ1v) is 10.8. The van der Waals surface area contributed by atoms with Crippen LogP contribution in [-0.2, 0) is 4.79 Å². The second-order valence-electron chi connectivity index (χ2n) is 7.43. The van der Waals surface area contributed by atoms with Crippen LogP contribution in [-0.4, -0.2) is 73.4 Å². The first kappa shape index (κ1) is 23.6. The SMILES string of the molecule is COc1ccccc1OCC(O)CN1CCN(C(C(N)=O)c2ccc(Cl)c(Cl)c2)CC1. The Labute approximate surface area is 192 Å². The first-order chi connectivity index (χ1) is 14.9. The highest BCUT2D eigenvalue weighted by Gasteiger charge is 2.30. The Bertz CT molecular complexity index is 891. The number of methoxy groups -OCH3 is 1. The maximum Gasteiger partial charge on any atom is 0.239 e. The first-order valence-electron chi connectivity index (χ1n) is 10.0. The summed E-state index contributed by atoms with van der Waals surface area (Å²) in [5, 5.41) is 11.2. The van der Waals surface area contributed by atoms with Gasteiger partial charge >= 0.3 is 0 Å². The van der Waals surface area contributed by atoms with E-state index in [1.54, 1.807) is 31.4 Å². The molecule has 1 aliphatic heterocycles. The van der Waals surface area contributed by atoms with Crippen LogP contribution >= 0.6 is 23.2 Å². The number of piperazine rings is 1. The average Bonchev–Trinajstić information content (AvgIpc) is 2.76. The van der Waals surface area contributed by atoms with Crippen LogP contribution in [0.4, 0.5) is 0 Å². The van der Waals surface area contributed by atoms with E-state index in [-0.39, 0.29) is 6.61 Å². The number of β-amino-alcohol motifs (C(OH)–C–C–N with tert-alkyl or cyclic N) is 1. The average molecular weight is 468 g/mol. The molecule has 0 spiro atoms. The third-order valence-corrected chi connectivity index (χ3v) is 6.01. The molecule has 1 aliphatic rings. The topological polar surface area (TPSA) is 88.3 Å². The second kappa shape index (κ2) is 11.0. The van der Waals surface area contributed by atoms with Crippen LogP contribution in [0.1, 0.15) is 11.6 Å². The summed E-state index contributed by atoms with van der Waals surface area (Å²) < 4.78 is 11.0. The number of aliphatic hydroxyl groups is 1. The van der Waals surface area contributed by atoms with E-state index < -0.39 is 18.1 Å². The molecule has 9 heteroatoms.